The quantitative estimate of drug-likeness (QED) is 0.446. The van der Waals surface area contributed by atoms with E-state index in [1.54, 1.807) is 12.1 Å². The number of amides is 1. The maximum Gasteiger partial charge on any atom is 0.240 e. The van der Waals surface area contributed by atoms with E-state index in [0.29, 0.717) is 24.9 Å². The summed E-state index contributed by atoms with van der Waals surface area (Å²) in [6.07, 6.45) is 0.939. The van der Waals surface area contributed by atoms with Gasteiger partial charge in [-0.05, 0) is 50.2 Å². The lowest BCUT2D eigenvalue weighted by Crippen LogP contribution is -2.47. The minimum absolute atomic E-state index is 0.0515. The van der Waals surface area contributed by atoms with E-state index in [1.165, 1.54) is 17.7 Å². The predicted molar refractivity (Wildman–Crippen MR) is 133 cm³/mol. The molecule has 1 amide bonds. The van der Waals surface area contributed by atoms with Crippen LogP contribution in [0.4, 0.5) is 0 Å². The number of likely N-dealkylation sites (N-methyl/N-ethyl adjacent to an activating group) is 1. The lowest BCUT2D eigenvalue weighted by molar-refractivity contribution is -0.120. The minimum Gasteiger partial charge on any atom is -0.494 e. The van der Waals surface area contributed by atoms with Crippen molar-refractivity contribution in [3.8, 4) is 5.75 Å². The lowest BCUT2D eigenvalue weighted by atomic mass is 10.0. The molecule has 0 radical (unpaired) electrons. The third-order valence-corrected chi connectivity index (χ3v) is 7.39. The molecule has 1 atom stereocenters. The molecule has 1 aliphatic heterocycles. The van der Waals surface area contributed by atoms with Gasteiger partial charge in [-0.1, -0.05) is 30.3 Å². The zero-order chi connectivity index (χ0) is 24.4. The van der Waals surface area contributed by atoms with Gasteiger partial charge in [-0.2, -0.15) is 0 Å². The van der Waals surface area contributed by atoms with Crippen molar-refractivity contribution in [2.45, 2.75) is 30.7 Å². The van der Waals surface area contributed by atoms with Crippen LogP contribution in [0.2, 0.25) is 0 Å². The predicted octanol–water partition coefficient (Wildman–Crippen LogP) is 2.25. The summed E-state index contributed by atoms with van der Waals surface area (Å²) in [6.45, 7) is 6.92. The molecule has 34 heavy (non-hydrogen) atoms. The van der Waals surface area contributed by atoms with Gasteiger partial charge in [-0.15, -0.1) is 0 Å². The second-order valence-electron chi connectivity index (χ2n) is 8.48. The summed E-state index contributed by atoms with van der Waals surface area (Å²) in [5.41, 5.74) is 1.32. The summed E-state index contributed by atoms with van der Waals surface area (Å²) in [6, 6.07) is 17.1. The number of sulfonamides is 1. The third kappa shape index (κ3) is 7.80. The first-order valence-corrected chi connectivity index (χ1v) is 13.3. The van der Waals surface area contributed by atoms with Crippen LogP contribution in [0.1, 0.15) is 31.4 Å². The van der Waals surface area contributed by atoms with Crippen molar-refractivity contribution in [1.82, 2.24) is 19.8 Å². The van der Waals surface area contributed by atoms with Crippen molar-refractivity contribution < 1.29 is 17.9 Å². The molecule has 1 unspecified atom stereocenters. The van der Waals surface area contributed by atoms with Gasteiger partial charge in [0.25, 0.3) is 0 Å². The normalized spacial score (nSPS) is 17.4. The van der Waals surface area contributed by atoms with Crippen LogP contribution < -0.4 is 14.8 Å². The van der Waals surface area contributed by atoms with E-state index < -0.39 is 10.0 Å². The van der Waals surface area contributed by atoms with Gasteiger partial charge in [0, 0.05) is 51.7 Å². The number of hydrogen-bond acceptors (Lipinski definition) is 6. The van der Waals surface area contributed by atoms with Gasteiger partial charge in [0.05, 0.1) is 11.5 Å². The average molecular weight is 489 g/mol. The van der Waals surface area contributed by atoms with Crippen LogP contribution in [-0.4, -0.2) is 77.0 Å². The number of ether oxygens (including phenoxy) is 1. The second-order valence-corrected chi connectivity index (χ2v) is 10.2. The first kappa shape index (κ1) is 26.2. The van der Waals surface area contributed by atoms with E-state index in [0.717, 1.165) is 32.6 Å². The molecule has 2 aromatic rings. The number of piperazine rings is 1. The molecule has 1 aliphatic rings. The summed E-state index contributed by atoms with van der Waals surface area (Å²) < 4.78 is 32.6. The molecular weight excluding hydrogens is 452 g/mol. The Kier molecular flexibility index (Phi) is 9.88. The van der Waals surface area contributed by atoms with Crippen LogP contribution in [0.5, 0.6) is 5.75 Å². The van der Waals surface area contributed by atoms with Crippen molar-refractivity contribution in [3.63, 3.8) is 0 Å². The standard InChI is InChI=1S/C25H36N4O4S/c1-3-33-22-10-12-23(13-11-22)34(31,32)27-16-14-25(30)26-15-7-17-29-19-18-28(2)20-24(29)21-8-5-4-6-9-21/h4-6,8-13,24,27H,3,7,14-20H2,1-2H3,(H,26,30). The van der Waals surface area contributed by atoms with E-state index in [1.807, 2.05) is 13.0 Å². The van der Waals surface area contributed by atoms with Crippen LogP contribution in [0.3, 0.4) is 0 Å². The molecule has 2 aromatic carbocycles. The zero-order valence-corrected chi connectivity index (χ0v) is 20.9. The van der Waals surface area contributed by atoms with E-state index in [2.05, 4.69) is 51.2 Å². The molecular formula is C25H36N4O4S. The summed E-state index contributed by atoms with van der Waals surface area (Å²) >= 11 is 0. The number of carbonyl (C=O) groups excluding carboxylic acids is 1. The molecule has 2 N–H and O–H groups in total. The summed E-state index contributed by atoms with van der Waals surface area (Å²) in [5, 5.41) is 2.91. The van der Waals surface area contributed by atoms with Crippen LogP contribution in [0.25, 0.3) is 0 Å². The molecule has 186 valence electrons. The molecule has 0 aliphatic carbocycles. The third-order valence-electron chi connectivity index (χ3n) is 5.91. The van der Waals surface area contributed by atoms with Gasteiger partial charge in [-0.25, -0.2) is 13.1 Å². The van der Waals surface area contributed by atoms with Crippen molar-refractivity contribution in [1.29, 1.82) is 0 Å². The maximum absolute atomic E-state index is 12.4. The SMILES string of the molecule is CCOc1ccc(S(=O)(=O)NCCC(=O)NCCCN2CCN(C)CC2c2ccccc2)cc1. The van der Waals surface area contributed by atoms with E-state index in [9.17, 15) is 13.2 Å². The van der Waals surface area contributed by atoms with E-state index >= 15 is 0 Å². The summed E-state index contributed by atoms with van der Waals surface area (Å²) in [5.74, 6) is 0.458. The van der Waals surface area contributed by atoms with Gasteiger partial charge in [-0.3, -0.25) is 9.69 Å². The second kappa shape index (κ2) is 12.9. The fourth-order valence-corrected chi connectivity index (χ4v) is 5.11. The van der Waals surface area contributed by atoms with Gasteiger partial charge in [0.1, 0.15) is 5.75 Å². The van der Waals surface area contributed by atoms with E-state index in [4.69, 9.17) is 4.74 Å². The highest BCUT2D eigenvalue weighted by atomic mass is 32.2. The molecule has 1 heterocycles. The minimum atomic E-state index is -3.66. The van der Waals surface area contributed by atoms with Gasteiger partial charge in [0.2, 0.25) is 15.9 Å². The fourth-order valence-electron chi connectivity index (χ4n) is 4.08. The van der Waals surface area contributed by atoms with Crippen LogP contribution >= 0.6 is 0 Å². The smallest absolute Gasteiger partial charge is 0.240 e. The molecule has 1 saturated heterocycles. The molecule has 0 bridgehead atoms. The van der Waals surface area contributed by atoms with Crippen molar-refractivity contribution in [3.05, 3.63) is 60.2 Å². The first-order valence-electron chi connectivity index (χ1n) is 11.9. The first-order chi connectivity index (χ1) is 16.4. The van der Waals surface area contributed by atoms with Crippen LogP contribution in [-0.2, 0) is 14.8 Å². The maximum atomic E-state index is 12.4. The molecule has 0 saturated carbocycles. The van der Waals surface area contributed by atoms with Crippen molar-refractivity contribution in [2.75, 3.05) is 52.9 Å². The largest absolute Gasteiger partial charge is 0.494 e. The van der Waals surface area contributed by atoms with Gasteiger partial charge in [0.15, 0.2) is 0 Å². The zero-order valence-electron chi connectivity index (χ0n) is 20.1. The number of rotatable bonds is 12. The Balaban J connectivity index is 1.37. The Morgan fingerprint density at radius 2 is 1.79 bits per heavy atom. The molecule has 8 nitrogen and oxygen atoms in total. The number of hydrogen-bond donors (Lipinski definition) is 2. The average Bonchev–Trinajstić information content (AvgIpc) is 2.83. The highest BCUT2D eigenvalue weighted by Gasteiger charge is 2.26. The van der Waals surface area contributed by atoms with Gasteiger partial charge >= 0.3 is 0 Å². The van der Waals surface area contributed by atoms with Crippen molar-refractivity contribution in [2.24, 2.45) is 0 Å². The Bertz CT molecular complexity index is 999. The monoisotopic (exact) mass is 488 g/mol. The summed E-state index contributed by atoms with van der Waals surface area (Å²) in [4.78, 5) is 17.2. The van der Waals surface area contributed by atoms with Crippen LogP contribution in [0, 0.1) is 0 Å². The van der Waals surface area contributed by atoms with E-state index in [-0.39, 0.29) is 23.8 Å². The Morgan fingerprint density at radius 3 is 2.50 bits per heavy atom. The number of carbonyl (C=O) groups is 1. The van der Waals surface area contributed by atoms with Crippen molar-refractivity contribution >= 4 is 15.9 Å². The van der Waals surface area contributed by atoms with Gasteiger partial charge < -0.3 is 15.0 Å². The molecule has 0 spiro atoms. The highest BCUT2D eigenvalue weighted by molar-refractivity contribution is 7.89. The highest BCUT2D eigenvalue weighted by Crippen LogP contribution is 2.24. The molecule has 9 heteroatoms. The number of benzene rings is 2. The Labute approximate surface area is 203 Å². The summed E-state index contributed by atoms with van der Waals surface area (Å²) in [7, 11) is -1.51. The number of nitrogens with zero attached hydrogens (tertiary/aromatic N) is 2. The molecule has 0 aromatic heterocycles. The Morgan fingerprint density at radius 1 is 1.06 bits per heavy atom. The number of nitrogens with one attached hydrogen (secondary N) is 2. The van der Waals surface area contributed by atoms with Crippen LogP contribution in [0.15, 0.2) is 59.5 Å². The lowest BCUT2D eigenvalue weighted by Gasteiger charge is -2.40. The topological polar surface area (TPSA) is 91.0 Å². The fraction of sp³-hybridized carbons (Fsp3) is 0.480. The Hall–Kier alpha value is -2.46. The molecule has 1 fully saturated rings. The molecule has 3 rings (SSSR count).